The van der Waals surface area contributed by atoms with Gasteiger partial charge in [0.2, 0.25) is 0 Å². The Hall–Kier alpha value is -1.24. The molecule has 1 saturated heterocycles. The number of hydrogen-bond donors (Lipinski definition) is 2. The summed E-state index contributed by atoms with van der Waals surface area (Å²) < 4.78 is 5.14. The number of rotatable bonds is 9. The molecule has 0 aliphatic carbocycles. The minimum absolute atomic E-state index is 0.485. The van der Waals surface area contributed by atoms with E-state index in [1.54, 1.807) is 7.11 Å². The lowest BCUT2D eigenvalue weighted by Crippen LogP contribution is -2.49. The summed E-state index contributed by atoms with van der Waals surface area (Å²) in [5, 5.41) is 7.55. The molecule has 146 valence electrons. The number of methoxy groups -OCH3 is 1. The van der Waals surface area contributed by atoms with Gasteiger partial charge in [0.1, 0.15) is 0 Å². The first kappa shape index (κ1) is 21.1. The van der Waals surface area contributed by atoms with Gasteiger partial charge < -0.3 is 20.3 Å². The van der Waals surface area contributed by atoms with Gasteiger partial charge in [0, 0.05) is 63.1 Å². The van der Waals surface area contributed by atoms with Crippen LogP contribution in [0, 0.1) is 0 Å². The van der Waals surface area contributed by atoms with Crippen molar-refractivity contribution in [3.05, 3.63) is 30.3 Å². The first-order chi connectivity index (χ1) is 12.7. The second-order valence-corrected chi connectivity index (χ2v) is 8.31. The smallest absolute Gasteiger partial charge is 0.191 e. The quantitative estimate of drug-likeness (QED) is 0.299. The highest BCUT2D eigenvalue weighted by molar-refractivity contribution is 8.00. The van der Waals surface area contributed by atoms with E-state index in [0.29, 0.717) is 11.3 Å². The molecular weight excluding hydrogens is 344 g/mol. The molecule has 0 bridgehead atoms. The van der Waals surface area contributed by atoms with Gasteiger partial charge in [-0.3, -0.25) is 4.99 Å². The number of aliphatic imine (C=N–C) groups is 1. The largest absolute Gasteiger partial charge is 0.385 e. The maximum atomic E-state index is 5.14. The number of piperidine rings is 1. The van der Waals surface area contributed by atoms with E-state index < -0.39 is 0 Å². The molecule has 1 aliphatic rings. The molecular formula is C20H34N4OS. The van der Waals surface area contributed by atoms with Gasteiger partial charge in [-0.15, -0.1) is 11.8 Å². The Balaban J connectivity index is 1.65. The van der Waals surface area contributed by atoms with Gasteiger partial charge in [0.25, 0.3) is 0 Å². The Bertz CT molecular complexity index is 518. The highest BCUT2D eigenvalue weighted by Crippen LogP contribution is 2.21. The highest BCUT2D eigenvalue weighted by Gasteiger charge is 2.19. The van der Waals surface area contributed by atoms with Crippen molar-refractivity contribution in [3.63, 3.8) is 0 Å². The Labute approximate surface area is 163 Å². The van der Waals surface area contributed by atoms with E-state index in [1.807, 2.05) is 18.8 Å². The maximum Gasteiger partial charge on any atom is 0.191 e. The number of ether oxygens (including phenoxy) is 1. The zero-order valence-electron chi connectivity index (χ0n) is 16.4. The minimum Gasteiger partial charge on any atom is -0.385 e. The van der Waals surface area contributed by atoms with Crippen LogP contribution >= 0.6 is 11.8 Å². The standard InChI is InChI=1S/C20H34N4OS/c1-17(26-19-8-5-4-6-9-19)16-22-20(21-2)23-18-10-13-24(14-11-18)12-7-15-25-3/h4-6,8-9,17-18H,7,10-16H2,1-3H3,(H2,21,22,23). The first-order valence-electron chi connectivity index (χ1n) is 9.61. The summed E-state index contributed by atoms with van der Waals surface area (Å²) in [5.74, 6) is 0.920. The van der Waals surface area contributed by atoms with E-state index in [0.717, 1.165) is 45.2 Å². The van der Waals surface area contributed by atoms with Crippen LogP contribution in [0.1, 0.15) is 26.2 Å². The third-order valence-corrected chi connectivity index (χ3v) is 5.73. The molecule has 2 rings (SSSR count). The zero-order valence-corrected chi connectivity index (χ0v) is 17.2. The predicted octanol–water partition coefficient (Wildman–Crippen LogP) is 2.83. The number of likely N-dealkylation sites (tertiary alicyclic amines) is 1. The molecule has 26 heavy (non-hydrogen) atoms. The third-order valence-electron chi connectivity index (χ3n) is 4.61. The SMILES string of the molecule is CN=C(NCC(C)Sc1ccccc1)NC1CCN(CCCOC)CC1. The molecule has 1 aromatic rings. The topological polar surface area (TPSA) is 48.9 Å². The molecule has 0 radical (unpaired) electrons. The molecule has 1 fully saturated rings. The van der Waals surface area contributed by atoms with Crippen molar-refractivity contribution in [2.24, 2.45) is 4.99 Å². The lowest BCUT2D eigenvalue weighted by atomic mass is 10.1. The molecule has 1 aliphatic heterocycles. The van der Waals surface area contributed by atoms with Crippen LogP contribution in [-0.2, 0) is 4.74 Å². The lowest BCUT2D eigenvalue weighted by molar-refractivity contribution is 0.155. The minimum atomic E-state index is 0.485. The van der Waals surface area contributed by atoms with Crippen molar-refractivity contribution in [2.45, 2.75) is 42.4 Å². The fourth-order valence-corrected chi connectivity index (χ4v) is 4.08. The summed E-state index contributed by atoms with van der Waals surface area (Å²) in [4.78, 5) is 8.24. The van der Waals surface area contributed by atoms with Gasteiger partial charge in [0.15, 0.2) is 5.96 Å². The Morgan fingerprint density at radius 3 is 2.69 bits per heavy atom. The second kappa shape index (κ2) is 12.2. The van der Waals surface area contributed by atoms with Crippen LogP contribution < -0.4 is 10.6 Å². The van der Waals surface area contributed by atoms with Crippen LogP contribution in [0.3, 0.4) is 0 Å². The molecule has 0 saturated carbocycles. The van der Waals surface area contributed by atoms with Crippen molar-refractivity contribution in [2.75, 3.05) is 46.9 Å². The molecule has 5 nitrogen and oxygen atoms in total. The summed E-state index contributed by atoms with van der Waals surface area (Å²) in [5.41, 5.74) is 0. The van der Waals surface area contributed by atoms with Crippen molar-refractivity contribution < 1.29 is 4.74 Å². The van der Waals surface area contributed by atoms with Gasteiger partial charge >= 0.3 is 0 Å². The van der Waals surface area contributed by atoms with Gasteiger partial charge in [-0.25, -0.2) is 0 Å². The predicted molar refractivity (Wildman–Crippen MR) is 112 cm³/mol. The Kier molecular flexibility index (Phi) is 9.89. The van der Waals surface area contributed by atoms with Crippen LogP contribution in [0.15, 0.2) is 40.2 Å². The first-order valence-corrected chi connectivity index (χ1v) is 10.5. The fraction of sp³-hybridized carbons (Fsp3) is 0.650. The second-order valence-electron chi connectivity index (χ2n) is 6.80. The lowest BCUT2D eigenvalue weighted by Gasteiger charge is -2.33. The summed E-state index contributed by atoms with van der Waals surface area (Å²) in [6.07, 6.45) is 3.46. The van der Waals surface area contributed by atoms with Gasteiger partial charge in [-0.1, -0.05) is 25.1 Å². The highest BCUT2D eigenvalue weighted by atomic mass is 32.2. The van der Waals surface area contributed by atoms with Crippen molar-refractivity contribution in [1.82, 2.24) is 15.5 Å². The van der Waals surface area contributed by atoms with E-state index in [-0.39, 0.29) is 0 Å². The average molecular weight is 379 g/mol. The van der Waals surface area contributed by atoms with Gasteiger partial charge in [0.05, 0.1) is 0 Å². The molecule has 2 N–H and O–H groups in total. The zero-order chi connectivity index (χ0) is 18.6. The molecule has 1 unspecified atom stereocenters. The molecule has 1 heterocycles. The molecule has 0 aromatic heterocycles. The van der Waals surface area contributed by atoms with Crippen molar-refractivity contribution in [1.29, 1.82) is 0 Å². The van der Waals surface area contributed by atoms with Gasteiger partial charge in [-0.2, -0.15) is 0 Å². The average Bonchev–Trinajstić information content (AvgIpc) is 2.67. The van der Waals surface area contributed by atoms with E-state index in [2.05, 4.69) is 57.8 Å². The van der Waals surface area contributed by atoms with E-state index in [9.17, 15) is 0 Å². The summed E-state index contributed by atoms with van der Waals surface area (Å²) in [6.45, 7) is 7.44. The number of guanidine groups is 1. The number of hydrogen-bond acceptors (Lipinski definition) is 4. The number of thioether (sulfide) groups is 1. The number of benzene rings is 1. The van der Waals surface area contributed by atoms with Crippen LogP contribution in [0.25, 0.3) is 0 Å². The Morgan fingerprint density at radius 2 is 2.04 bits per heavy atom. The van der Waals surface area contributed by atoms with E-state index in [1.165, 1.54) is 17.7 Å². The van der Waals surface area contributed by atoms with Crippen LogP contribution in [0.4, 0.5) is 0 Å². The fourth-order valence-electron chi connectivity index (χ4n) is 3.13. The van der Waals surface area contributed by atoms with E-state index in [4.69, 9.17) is 4.74 Å². The van der Waals surface area contributed by atoms with Crippen LogP contribution in [0.2, 0.25) is 0 Å². The maximum absolute atomic E-state index is 5.14. The molecule has 0 spiro atoms. The van der Waals surface area contributed by atoms with Crippen LogP contribution in [0.5, 0.6) is 0 Å². The molecule has 0 amide bonds. The molecule has 1 aromatic carbocycles. The monoisotopic (exact) mass is 378 g/mol. The Morgan fingerprint density at radius 1 is 1.31 bits per heavy atom. The summed E-state index contributed by atoms with van der Waals surface area (Å²) in [7, 11) is 3.62. The third kappa shape index (κ3) is 7.98. The van der Waals surface area contributed by atoms with Crippen LogP contribution in [-0.4, -0.2) is 69.1 Å². The van der Waals surface area contributed by atoms with Gasteiger partial charge in [-0.05, 0) is 31.4 Å². The summed E-state index contributed by atoms with van der Waals surface area (Å²) in [6, 6.07) is 11.1. The molecule has 1 atom stereocenters. The summed E-state index contributed by atoms with van der Waals surface area (Å²) >= 11 is 1.89. The van der Waals surface area contributed by atoms with E-state index >= 15 is 0 Å². The number of nitrogens with zero attached hydrogens (tertiary/aromatic N) is 2. The normalized spacial score (nSPS) is 17.9. The number of nitrogens with one attached hydrogen (secondary N) is 2. The van der Waals surface area contributed by atoms with Crippen molar-refractivity contribution in [3.8, 4) is 0 Å². The molecule has 6 heteroatoms. The van der Waals surface area contributed by atoms with Crippen molar-refractivity contribution >= 4 is 17.7 Å².